The van der Waals surface area contributed by atoms with Crippen LogP contribution in [0.2, 0.25) is 0 Å². The monoisotopic (exact) mass is 601 g/mol. The molecule has 0 aliphatic rings. The van der Waals surface area contributed by atoms with Gasteiger partial charge in [-0.25, -0.2) is 4.79 Å². The molecule has 0 saturated heterocycles. The molecule has 3 N–H and O–H groups in total. The second-order valence-corrected chi connectivity index (χ2v) is 7.13. The van der Waals surface area contributed by atoms with Gasteiger partial charge >= 0.3 is 5.97 Å². The van der Waals surface area contributed by atoms with E-state index in [0.717, 1.165) is 10.7 Å². The summed E-state index contributed by atoms with van der Waals surface area (Å²) in [5.74, 6) is -1.55. The zero-order valence-corrected chi connectivity index (χ0v) is 16.0. The van der Waals surface area contributed by atoms with Crippen molar-refractivity contribution < 1.29 is 19.8 Å². The molecule has 0 unspecified atom stereocenters. The molecule has 1 aromatic carbocycles. The average Bonchev–Trinajstić information content (AvgIpc) is 2.33. The van der Waals surface area contributed by atoms with Gasteiger partial charge in [-0.15, -0.1) is 0 Å². The van der Waals surface area contributed by atoms with Gasteiger partial charge in [0.1, 0.15) is 0 Å². The van der Waals surface area contributed by atoms with Gasteiger partial charge in [0.15, 0.2) is 6.10 Å². The van der Waals surface area contributed by atoms with Gasteiger partial charge in [0.05, 0.1) is 5.56 Å². The van der Waals surface area contributed by atoms with Gasteiger partial charge in [0, 0.05) is 23.7 Å². The number of rotatable bonds is 5. The van der Waals surface area contributed by atoms with Crippen molar-refractivity contribution in [2.45, 2.75) is 12.5 Å². The zero-order valence-electron chi connectivity index (χ0n) is 9.49. The molecule has 0 bridgehead atoms. The lowest BCUT2D eigenvalue weighted by Crippen LogP contribution is -2.30. The fourth-order valence-corrected chi connectivity index (χ4v) is 3.66. The summed E-state index contributed by atoms with van der Waals surface area (Å²) in [6.45, 7) is 0.116. The number of benzene rings is 1. The summed E-state index contributed by atoms with van der Waals surface area (Å²) in [6, 6.07) is 3.74. The topological polar surface area (TPSA) is 86.6 Å². The average molecular weight is 601 g/mol. The minimum atomic E-state index is -1.45. The minimum Gasteiger partial charge on any atom is -0.479 e. The summed E-state index contributed by atoms with van der Waals surface area (Å²) in [5, 5.41) is 20.2. The summed E-state index contributed by atoms with van der Waals surface area (Å²) in [5.41, 5.74) is 0.557. The highest BCUT2D eigenvalue weighted by molar-refractivity contribution is 14.1. The van der Waals surface area contributed by atoms with E-state index in [2.05, 4.69) is 73.1 Å². The van der Waals surface area contributed by atoms with E-state index >= 15 is 0 Å². The van der Waals surface area contributed by atoms with Crippen molar-refractivity contribution in [2.24, 2.45) is 0 Å². The molecule has 0 heterocycles. The third-order valence-electron chi connectivity index (χ3n) is 2.23. The maximum Gasteiger partial charge on any atom is 0.332 e. The van der Waals surface area contributed by atoms with Crippen molar-refractivity contribution in [2.75, 3.05) is 6.54 Å². The van der Waals surface area contributed by atoms with E-state index in [1.165, 1.54) is 0 Å². The number of carboxylic acids is 1. The first-order valence-electron chi connectivity index (χ1n) is 5.16. The number of aliphatic hydroxyl groups excluding tert-OH is 1. The lowest BCUT2D eigenvalue weighted by atomic mass is 10.2. The van der Waals surface area contributed by atoms with Crippen LogP contribution in [0, 0.1) is 10.7 Å². The number of carbonyl (C=O) groups excluding carboxylic acids is 1. The van der Waals surface area contributed by atoms with Crippen LogP contribution in [-0.4, -0.2) is 34.7 Å². The molecular weight excluding hydrogens is 591 g/mol. The van der Waals surface area contributed by atoms with Gasteiger partial charge in [0.2, 0.25) is 0 Å². The lowest BCUT2D eigenvalue weighted by Gasteiger charge is -2.10. The van der Waals surface area contributed by atoms with Crippen LogP contribution in [-0.2, 0) is 4.79 Å². The summed E-state index contributed by atoms with van der Waals surface area (Å²) in [7, 11) is 0. The number of hydrogen-bond donors (Lipinski definition) is 3. The SMILES string of the molecule is O=C(NCC[C@H](O)C(=O)O)c1cc(I)cc(I)c1I. The molecule has 1 amide bonds. The predicted octanol–water partition coefficient (Wildman–Crippen LogP) is 2.07. The van der Waals surface area contributed by atoms with Gasteiger partial charge in [-0.05, 0) is 79.9 Å². The van der Waals surface area contributed by atoms with Crippen LogP contribution in [0.25, 0.3) is 0 Å². The number of carboxylic acid groups (broad SMARTS) is 1. The predicted molar refractivity (Wildman–Crippen MR) is 95.2 cm³/mol. The number of aliphatic carboxylic acids is 1. The number of hydrogen-bond acceptors (Lipinski definition) is 3. The Morgan fingerprint density at radius 2 is 1.89 bits per heavy atom. The molecule has 0 fully saturated rings. The standard InChI is InChI=1S/C11H10I3NO4/c12-5-3-6(9(14)7(13)4-5)10(17)15-2-1-8(16)11(18)19/h3-4,8,16H,1-2H2,(H,15,17)(H,18,19)/t8-/m0/s1. The van der Waals surface area contributed by atoms with Crippen molar-refractivity contribution in [1.29, 1.82) is 0 Å². The third kappa shape index (κ3) is 5.30. The molecule has 0 aromatic heterocycles. The van der Waals surface area contributed by atoms with Gasteiger partial charge < -0.3 is 15.5 Å². The Bertz CT molecular complexity index is 507. The van der Waals surface area contributed by atoms with Crippen LogP contribution < -0.4 is 5.32 Å². The second kappa shape index (κ2) is 7.93. The molecule has 104 valence electrons. The van der Waals surface area contributed by atoms with E-state index in [-0.39, 0.29) is 18.9 Å². The molecule has 8 heteroatoms. The summed E-state index contributed by atoms with van der Waals surface area (Å²) in [6.07, 6.45) is -1.46. The molecule has 1 aromatic rings. The Morgan fingerprint density at radius 3 is 2.47 bits per heavy atom. The van der Waals surface area contributed by atoms with Gasteiger partial charge in [0.25, 0.3) is 5.91 Å². The molecular formula is C11H10I3NO4. The minimum absolute atomic E-state index is 0.0152. The third-order valence-corrected chi connectivity index (χ3v) is 5.89. The van der Waals surface area contributed by atoms with E-state index in [4.69, 9.17) is 10.2 Å². The van der Waals surface area contributed by atoms with E-state index in [9.17, 15) is 9.59 Å². The quantitative estimate of drug-likeness (QED) is 0.357. The summed E-state index contributed by atoms with van der Waals surface area (Å²) >= 11 is 6.39. The molecule has 5 nitrogen and oxygen atoms in total. The molecule has 0 radical (unpaired) electrons. The van der Waals surface area contributed by atoms with Crippen LogP contribution in [0.1, 0.15) is 16.8 Å². The molecule has 0 saturated carbocycles. The normalized spacial score (nSPS) is 12.0. The second-order valence-electron chi connectivity index (χ2n) is 3.65. The largest absolute Gasteiger partial charge is 0.479 e. The van der Waals surface area contributed by atoms with Crippen LogP contribution in [0.4, 0.5) is 0 Å². The first-order valence-corrected chi connectivity index (χ1v) is 8.40. The Kier molecular flexibility index (Phi) is 7.24. The fraction of sp³-hybridized carbons (Fsp3) is 0.273. The number of aliphatic hydroxyl groups is 1. The lowest BCUT2D eigenvalue weighted by molar-refractivity contribution is -0.146. The molecule has 0 aliphatic heterocycles. The molecule has 1 atom stereocenters. The highest BCUT2D eigenvalue weighted by Gasteiger charge is 2.16. The highest BCUT2D eigenvalue weighted by atomic mass is 127. The van der Waals surface area contributed by atoms with Crippen molar-refractivity contribution >= 4 is 79.6 Å². The summed E-state index contributed by atoms with van der Waals surface area (Å²) in [4.78, 5) is 22.4. The maximum atomic E-state index is 12.0. The maximum absolute atomic E-state index is 12.0. The molecule has 0 aliphatic carbocycles. The fourth-order valence-electron chi connectivity index (χ4n) is 1.26. The number of halogens is 3. The Hall–Kier alpha value is 0.310. The van der Waals surface area contributed by atoms with Crippen molar-refractivity contribution in [3.8, 4) is 0 Å². The Morgan fingerprint density at radius 1 is 1.26 bits per heavy atom. The van der Waals surface area contributed by atoms with Gasteiger partial charge in [-0.2, -0.15) is 0 Å². The van der Waals surface area contributed by atoms with Crippen LogP contribution in [0.5, 0.6) is 0 Å². The van der Waals surface area contributed by atoms with E-state index in [1.54, 1.807) is 6.07 Å². The Balaban J connectivity index is 2.67. The van der Waals surface area contributed by atoms with Crippen LogP contribution in [0.3, 0.4) is 0 Å². The number of carbonyl (C=O) groups is 2. The smallest absolute Gasteiger partial charge is 0.332 e. The van der Waals surface area contributed by atoms with Crippen LogP contribution in [0.15, 0.2) is 12.1 Å². The van der Waals surface area contributed by atoms with Gasteiger partial charge in [-0.3, -0.25) is 4.79 Å². The molecule has 1 rings (SSSR count). The van der Waals surface area contributed by atoms with E-state index in [0.29, 0.717) is 5.56 Å². The van der Waals surface area contributed by atoms with Crippen molar-refractivity contribution in [1.82, 2.24) is 5.32 Å². The first-order chi connectivity index (χ1) is 8.82. The van der Waals surface area contributed by atoms with Crippen LogP contribution >= 0.6 is 67.8 Å². The van der Waals surface area contributed by atoms with Gasteiger partial charge in [-0.1, -0.05) is 0 Å². The molecule has 0 spiro atoms. The van der Waals surface area contributed by atoms with E-state index < -0.39 is 12.1 Å². The Labute approximate surface area is 151 Å². The molecule has 19 heavy (non-hydrogen) atoms. The zero-order chi connectivity index (χ0) is 14.6. The van der Waals surface area contributed by atoms with Crippen molar-refractivity contribution in [3.63, 3.8) is 0 Å². The number of nitrogens with one attached hydrogen (secondary N) is 1. The highest BCUT2D eigenvalue weighted by Crippen LogP contribution is 2.22. The summed E-state index contributed by atoms with van der Waals surface area (Å²) < 4.78 is 2.80. The van der Waals surface area contributed by atoms with E-state index in [1.807, 2.05) is 6.07 Å². The first kappa shape index (κ1) is 17.4. The number of amides is 1. The van der Waals surface area contributed by atoms with Crippen molar-refractivity contribution in [3.05, 3.63) is 28.4 Å².